The van der Waals surface area contributed by atoms with Crippen LogP contribution in [-0.4, -0.2) is 36.1 Å². The Morgan fingerprint density at radius 3 is 2.32 bits per heavy atom. The maximum Gasteiger partial charge on any atom is 0.166 e. The van der Waals surface area contributed by atoms with Gasteiger partial charge >= 0.3 is 0 Å². The Morgan fingerprint density at radius 2 is 1.58 bits per heavy atom. The predicted octanol–water partition coefficient (Wildman–Crippen LogP) is 5.96. The normalized spacial score (nSPS) is 14.9. The first-order chi connectivity index (χ1) is 14.6. The van der Waals surface area contributed by atoms with Gasteiger partial charge in [-0.1, -0.05) is 42.5 Å². The van der Waals surface area contributed by atoms with Crippen LogP contribution in [0.25, 0.3) is 10.8 Å². The van der Waals surface area contributed by atoms with Crippen LogP contribution < -0.4 is 0 Å². The molecule has 0 aliphatic carbocycles. The van der Waals surface area contributed by atoms with Crippen LogP contribution in [0.2, 0.25) is 0 Å². The number of halogens is 2. The molecule has 1 saturated heterocycles. The van der Waals surface area contributed by atoms with Gasteiger partial charge in [0.15, 0.2) is 11.6 Å². The highest BCUT2D eigenvalue weighted by Gasteiger charge is 2.26. The third-order valence-electron chi connectivity index (χ3n) is 6.06. The summed E-state index contributed by atoms with van der Waals surface area (Å²) < 4.78 is 13.0. The zero-order chi connectivity index (χ0) is 20.9. The highest BCUT2D eigenvalue weighted by atomic mass is 35.5. The molecule has 3 aromatic rings. The standard InChI is InChI=1S/C26H26FNO2.ClH/c27-22-12-10-20(11-13-22)25(29)9-4-16-28-17-14-21(15-18-28)26(30)24-8-3-6-19-5-1-2-7-23(19)24;/h1-3,5-8,10-13,21H,4,9,14-18H2;1H. The van der Waals surface area contributed by atoms with E-state index in [1.165, 1.54) is 12.1 Å². The predicted molar refractivity (Wildman–Crippen MR) is 125 cm³/mol. The Balaban J connectivity index is 0.00000272. The van der Waals surface area contributed by atoms with Gasteiger partial charge in [-0.05, 0) is 73.9 Å². The van der Waals surface area contributed by atoms with Crippen LogP contribution in [0.1, 0.15) is 46.4 Å². The molecule has 5 heteroatoms. The summed E-state index contributed by atoms with van der Waals surface area (Å²) in [6, 6.07) is 19.7. The van der Waals surface area contributed by atoms with Gasteiger partial charge in [-0.3, -0.25) is 9.59 Å². The highest BCUT2D eigenvalue weighted by molar-refractivity contribution is 6.09. The molecule has 1 aliphatic heterocycles. The fourth-order valence-corrected chi connectivity index (χ4v) is 4.32. The van der Waals surface area contributed by atoms with Gasteiger partial charge < -0.3 is 4.90 Å². The Hall–Kier alpha value is -2.56. The van der Waals surface area contributed by atoms with E-state index in [9.17, 15) is 14.0 Å². The van der Waals surface area contributed by atoms with E-state index in [2.05, 4.69) is 4.90 Å². The molecule has 0 N–H and O–H groups in total. The Kier molecular flexibility index (Phi) is 7.94. The summed E-state index contributed by atoms with van der Waals surface area (Å²) in [6.07, 6.45) is 2.95. The van der Waals surface area contributed by atoms with Crippen molar-refractivity contribution in [2.75, 3.05) is 19.6 Å². The van der Waals surface area contributed by atoms with Crippen LogP contribution in [0, 0.1) is 11.7 Å². The Labute approximate surface area is 188 Å². The minimum atomic E-state index is -0.326. The lowest BCUT2D eigenvalue weighted by Crippen LogP contribution is -2.37. The van der Waals surface area contributed by atoms with Gasteiger partial charge in [0.2, 0.25) is 0 Å². The topological polar surface area (TPSA) is 37.4 Å². The minimum Gasteiger partial charge on any atom is -0.303 e. The van der Waals surface area contributed by atoms with Crippen LogP contribution >= 0.6 is 12.4 Å². The first-order valence-electron chi connectivity index (χ1n) is 10.6. The molecule has 1 fully saturated rings. The lowest BCUT2D eigenvalue weighted by molar-refractivity contribution is 0.0839. The average Bonchev–Trinajstić information content (AvgIpc) is 2.79. The van der Waals surface area contributed by atoms with Crippen molar-refractivity contribution in [3.63, 3.8) is 0 Å². The quantitative estimate of drug-likeness (QED) is 0.426. The largest absolute Gasteiger partial charge is 0.303 e. The Bertz CT molecular complexity index is 1040. The number of hydrogen-bond acceptors (Lipinski definition) is 3. The molecule has 1 heterocycles. The molecule has 162 valence electrons. The molecule has 0 saturated carbocycles. The van der Waals surface area contributed by atoms with Crippen LogP contribution in [0.3, 0.4) is 0 Å². The number of ketones is 2. The zero-order valence-corrected chi connectivity index (χ0v) is 18.2. The lowest BCUT2D eigenvalue weighted by atomic mass is 9.87. The van der Waals surface area contributed by atoms with Gasteiger partial charge in [0.25, 0.3) is 0 Å². The van der Waals surface area contributed by atoms with E-state index < -0.39 is 0 Å². The van der Waals surface area contributed by atoms with E-state index in [-0.39, 0.29) is 35.7 Å². The summed E-state index contributed by atoms with van der Waals surface area (Å²) in [5.41, 5.74) is 1.40. The van der Waals surface area contributed by atoms with Crippen LogP contribution in [0.15, 0.2) is 66.7 Å². The first-order valence-corrected chi connectivity index (χ1v) is 10.6. The second kappa shape index (κ2) is 10.7. The fraction of sp³-hybridized carbons (Fsp3) is 0.308. The number of carbonyl (C=O) groups excluding carboxylic acids is 2. The van der Waals surface area contributed by atoms with Gasteiger partial charge in [0, 0.05) is 23.5 Å². The number of benzene rings is 3. The average molecular weight is 440 g/mol. The first kappa shape index (κ1) is 23.1. The van der Waals surface area contributed by atoms with E-state index in [1.54, 1.807) is 12.1 Å². The molecule has 0 spiro atoms. The zero-order valence-electron chi connectivity index (χ0n) is 17.4. The van der Waals surface area contributed by atoms with E-state index >= 15 is 0 Å². The molecule has 1 aliphatic rings. The van der Waals surface area contributed by atoms with Gasteiger partial charge in [0.05, 0.1) is 0 Å². The third-order valence-corrected chi connectivity index (χ3v) is 6.06. The second-order valence-electron chi connectivity index (χ2n) is 8.04. The van der Waals surface area contributed by atoms with Crippen molar-refractivity contribution in [2.45, 2.75) is 25.7 Å². The Morgan fingerprint density at radius 1 is 0.903 bits per heavy atom. The van der Waals surface area contributed by atoms with Crippen molar-refractivity contribution in [1.82, 2.24) is 4.90 Å². The number of likely N-dealkylation sites (tertiary alicyclic amines) is 1. The van der Waals surface area contributed by atoms with Crippen LogP contribution in [0.5, 0.6) is 0 Å². The summed E-state index contributed by atoms with van der Waals surface area (Å²) in [5.74, 6) is 0.0364. The van der Waals surface area contributed by atoms with Crippen LogP contribution in [-0.2, 0) is 0 Å². The summed E-state index contributed by atoms with van der Waals surface area (Å²) in [4.78, 5) is 27.7. The monoisotopic (exact) mass is 439 g/mol. The van der Waals surface area contributed by atoms with Gasteiger partial charge in [-0.2, -0.15) is 0 Å². The van der Waals surface area contributed by atoms with Gasteiger partial charge in [-0.25, -0.2) is 4.39 Å². The molecule has 31 heavy (non-hydrogen) atoms. The molecule has 0 amide bonds. The van der Waals surface area contributed by atoms with Crippen molar-refractivity contribution in [1.29, 1.82) is 0 Å². The molecule has 0 aromatic heterocycles. The summed E-state index contributed by atoms with van der Waals surface area (Å²) in [7, 11) is 0. The van der Waals surface area contributed by atoms with E-state index in [0.717, 1.165) is 55.2 Å². The molecule has 0 unspecified atom stereocenters. The fourth-order valence-electron chi connectivity index (χ4n) is 4.32. The molecule has 0 radical (unpaired) electrons. The molecular weight excluding hydrogens is 413 g/mol. The molecule has 3 aromatic carbocycles. The smallest absolute Gasteiger partial charge is 0.166 e. The molecule has 3 nitrogen and oxygen atoms in total. The number of carbonyl (C=O) groups is 2. The number of fused-ring (bicyclic) bond motifs is 1. The number of nitrogens with zero attached hydrogens (tertiary/aromatic N) is 1. The van der Waals surface area contributed by atoms with Crippen molar-refractivity contribution in [2.24, 2.45) is 5.92 Å². The highest BCUT2D eigenvalue weighted by Crippen LogP contribution is 2.26. The summed E-state index contributed by atoms with van der Waals surface area (Å²) in [6.45, 7) is 2.61. The van der Waals surface area contributed by atoms with Crippen molar-refractivity contribution < 1.29 is 14.0 Å². The van der Waals surface area contributed by atoms with E-state index in [1.807, 2.05) is 42.5 Å². The minimum absolute atomic E-state index is 0. The lowest BCUT2D eigenvalue weighted by Gasteiger charge is -2.31. The number of hydrogen-bond donors (Lipinski definition) is 0. The SMILES string of the molecule is Cl.O=C(CCCN1CCC(C(=O)c2cccc3ccccc23)CC1)c1ccc(F)cc1. The molecule has 0 atom stereocenters. The second-order valence-corrected chi connectivity index (χ2v) is 8.04. The summed E-state index contributed by atoms with van der Waals surface area (Å²) >= 11 is 0. The van der Waals surface area contributed by atoms with Gasteiger partial charge in [-0.15, -0.1) is 12.4 Å². The van der Waals surface area contributed by atoms with Crippen molar-refractivity contribution in [3.05, 3.63) is 83.7 Å². The van der Waals surface area contributed by atoms with Gasteiger partial charge in [0.1, 0.15) is 5.82 Å². The maximum atomic E-state index is 13.1. The molecular formula is C26H27ClFNO2. The van der Waals surface area contributed by atoms with Crippen LogP contribution in [0.4, 0.5) is 4.39 Å². The van der Waals surface area contributed by atoms with Crippen molar-refractivity contribution >= 4 is 34.7 Å². The number of Topliss-reactive ketones (excluding diaryl/α,β-unsaturated/α-hetero) is 2. The number of rotatable bonds is 7. The summed E-state index contributed by atoms with van der Waals surface area (Å²) in [5, 5.41) is 2.14. The van der Waals surface area contributed by atoms with E-state index in [0.29, 0.717) is 12.0 Å². The van der Waals surface area contributed by atoms with Crippen molar-refractivity contribution in [3.8, 4) is 0 Å². The number of piperidine rings is 1. The molecule has 4 rings (SSSR count). The molecule has 0 bridgehead atoms. The van der Waals surface area contributed by atoms with E-state index in [4.69, 9.17) is 0 Å². The maximum absolute atomic E-state index is 13.1. The third kappa shape index (κ3) is 5.57.